The topological polar surface area (TPSA) is 68.3 Å². The van der Waals surface area contributed by atoms with Gasteiger partial charge in [-0.05, 0) is 37.8 Å². The minimum Gasteiger partial charge on any atom is -0.398 e. The van der Waals surface area contributed by atoms with Crippen LogP contribution in [-0.4, -0.2) is 28.5 Å². The monoisotopic (exact) mass is 325 g/mol. The minimum atomic E-state index is -0.228. The first-order chi connectivity index (χ1) is 11.7. The Bertz CT molecular complexity index is 844. The summed E-state index contributed by atoms with van der Waals surface area (Å²) in [5.41, 5.74) is 7.46. The number of nitrogens with two attached hydrogens (primary N) is 1. The average Bonchev–Trinajstić information content (AvgIpc) is 3.28. The molecule has 24 heavy (non-hydrogen) atoms. The maximum absolute atomic E-state index is 13.0. The fourth-order valence-corrected chi connectivity index (χ4v) is 4.15. The van der Waals surface area contributed by atoms with E-state index in [1.54, 1.807) is 17.2 Å². The van der Waals surface area contributed by atoms with Crippen LogP contribution < -0.4 is 11.2 Å². The number of benzene rings is 1. The molecule has 2 N–H and O–H groups in total. The Hall–Kier alpha value is -2.30. The van der Waals surface area contributed by atoms with Gasteiger partial charge in [0.1, 0.15) is 5.56 Å². The van der Waals surface area contributed by atoms with Gasteiger partial charge in [-0.25, -0.2) is 0 Å². The highest BCUT2D eigenvalue weighted by Crippen LogP contribution is 2.33. The second kappa shape index (κ2) is 5.96. The van der Waals surface area contributed by atoms with Crippen LogP contribution in [0.4, 0.5) is 5.69 Å². The van der Waals surface area contributed by atoms with Crippen molar-refractivity contribution in [2.24, 2.45) is 0 Å². The molecular formula is C19H23N3O2. The van der Waals surface area contributed by atoms with Crippen molar-refractivity contribution in [2.45, 2.75) is 44.6 Å². The van der Waals surface area contributed by atoms with Gasteiger partial charge in [0.2, 0.25) is 5.43 Å². The van der Waals surface area contributed by atoms with E-state index >= 15 is 0 Å². The van der Waals surface area contributed by atoms with Crippen molar-refractivity contribution in [3.05, 3.63) is 40.2 Å². The summed E-state index contributed by atoms with van der Waals surface area (Å²) in [7, 11) is 0. The van der Waals surface area contributed by atoms with Gasteiger partial charge in [-0.3, -0.25) is 9.59 Å². The van der Waals surface area contributed by atoms with E-state index in [-0.39, 0.29) is 16.9 Å². The highest BCUT2D eigenvalue weighted by molar-refractivity contribution is 6.00. The molecule has 0 atom stereocenters. The van der Waals surface area contributed by atoms with Crippen LogP contribution in [0.5, 0.6) is 0 Å². The molecule has 1 aliphatic heterocycles. The number of amides is 1. The molecule has 126 valence electrons. The number of aromatic nitrogens is 1. The van der Waals surface area contributed by atoms with Crippen molar-refractivity contribution in [3.63, 3.8) is 0 Å². The van der Waals surface area contributed by atoms with E-state index in [9.17, 15) is 9.59 Å². The SMILES string of the molecule is Nc1cccc2c1c(=O)c(C(=O)N1CCCC1)cn2C1CCCC1. The number of hydrogen-bond acceptors (Lipinski definition) is 3. The molecule has 1 aliphatic carbocycles. The summed E-state index contributed by atoms with van der Waals surface area (Å²) < 4.78 is 2.13. The molecule has 4 rings (SSSR count). The van der Waals surface area contributed by atoms with Crippen LogP contribution in [0, 0.1) is 0 Å². The zero-order valence-electron chi connectivity index (χ0n) is 13.8. The molecule has 5 nitrogen and oxygen atoms in total. The van der Waals surface area contributed by atoms with Crippen molar-refractivity contribution in [1.29, 1.82) is 0 Å². The van der Waals surface area contributed by atoms with E-state index in [1.165, 1.54) is 12.8 Å². The molecule has 0 bridgehead atoms. The second-order valence-electron chi connectivity index (χ2n) is 6.96. The fourth-order valence-electron chi connectivity index (χ4n) is 4.15. The molecule has 1 aromatic heterocycles. The first-order valence-corrected chi connectivity index (χ1v) is 8.89. The lowest BCUT2D eigenvalue weighted by Crippen LogP contribution is -2.33. The average molecular weight is 325 g/mol. The number of nitrogen functional groups attached to an aromatic ring is 1. The molecule has 2 heterocycles. The number of carbonyl (C=O) groups excluding carboxylic acids is 1. The Labute approximate surface area is 141 Å². The van der Waals surface area contributed by atoms with Crippen LogP contribution >= 0.6 is 0 Å². The number of nitrogens with zero attached hydrogens (tertiary/aromatic N) is 2. The largest absolute Gasteiger partial charge is 0.398 e. The molecule has 2 aliphatic rings. The zero-order chi connectivity index (χ0) is 16.7. The molecule has 2 aromatic rings. The third kappa shape index (κ3) is 2.39. The van der Waals surface area contributed by atoms with Gasteiger partial charge in [0.15, 0.2) is 0 Å². The minimum absolute atomic E-state index is 0.144. The quantitative estimate of drug-likeness (QED) is 0.863. The summed E-state index contributed by atoms with van der Waals surface area (Å²) in [4.78, 5) is 27.6. The summed E-state index contributed by atoms with van der Waals surface area (Å²) >= 11 is 0. The van der Waals surface area contributed by atoms with Gasteiger partial charge in [-0.15, -0.1) is 0 Å². The maximum Gasteiger partial charge on any atom is 0.259 e. The molecular weight excluding hydrogens is 302 g/mol. The van der Waals surface area contributed by atoms with Crippen molar-refractivity contribution >= 4 is 22.5 Å². The Morgan fingerprint density at radius 2 is 1.79 bits per heavy atom. The van der Waals surface area contributed by atoms with Crippen LogP contribution in [0.2, 0.25) is 0 Å². The second-order valence-corrected chi connectivity index (χ2v) is 6.96. The summed E-state index contributed by atoms with van der Waals surface area (Å²) in [6.45, 7) is 1.48. The van der Waals surface area contributed by atoms with E-state index in [4.69, 9.17) is 5.73 Å². The lowest BCUT2D eigenvalue weighted by molar-refractivity contribution is 0.0791. The molecule has 1 saturated heterocycles. The zero-order valence-corrected chi connectivity index (χ0v) is 13.8. The number of rotatable bonds is 2. The predicted octanol–water partition coefficient (Wildman–Crippen LogP) is 2.93. The van der Waals surface area contributed by atoms with Crippen LogP contribution in [0.1, 0.15) is 54.9 Å². The van der Waals surface area contributed by atoms with Gasteiger partial charge in [0.25, 0.3) is 5.91 Å². The number of hydrogen-bond donors (Lipinski definition) is 1. The van der Waals surface area contributed by atoms with Crippen molar-refractivity contribution in [3.8, 4) is 0 Å². The molecule has 0 unspecified atom stereocenters. The molecule has 1 aromatic carbocycles. The third-order valence-corrected chi connectivity index (χ3v) is 5.43. The molecule has 0 radical (unpaired) electrons. The molecule has 1 saturated carbocycles. The summed E-state index contributed by atoms with van der Waals surface area (Å²) in [5.74, 6) is -0.144. The number of likely N-dealkylation sites (tertiary alicyclic amines) is 1. The summed E-state index contributed by atoms with van der Waals surface area (Å²) in [6.07, 6.45) is 8.37. The van der Waals surface area contributed by atoms with Crippen LogP contribution in [0.3, 0.4) is 0 Å². The first kappa shape index (κ1) is 15.2. The van der Waals surface area contributed by atoms with Crippen molar-refractivity contribution in [2.75, 3.05) is 18.8 Å². The Morgan fingerprint density at radius 1 is 1.08 bits per heavy atom. The fraction of sp³-hybridized carbons (Fsp3) is 0.474. The van der Waals surface area contributed by atoms with Crippen LogP contribution in [-0.2, 0) is 0 Å². The molecule has 1 amide bonds. The molecule has 5 heteroatoms. The summed E-state index contributed by atoms with van der Waals surface area (Å²) in [5, 5.41) is 0.495. The van der Waals surface area contributed by atoms with E-state index < -0.39 is 0 Å². The van der Waals surface area contributed by atoms with E-state index in [2.05, 4.69) is 4.57 Å². The number of fused-ring (bicyclic) bond motifs is 1. The summed E-state index contributed by atoms with van der Waals surface area (Å²) in [6, 6.07) is 5.91. The third-order valence-electron chi connectivity index (χ3n) is 5.43. The molecule has 0 spiro atoms. The molecule has 2 fully saturated rings. The maximum atomic E-state index is 13.0. The Kier molecular flexibility index (Phi) is 3.79. The number of anilines is 1. The van der Waals surface area contributed by atoms with Gasteiger partial charge in [-0.1, -0.05) is 18.9 Å². The highest BCUT2D eigenvalue weighted by atomic mass is 16.2. The Balaban J connectivity index is 1.93. The smallest absolute Gasteiger partial charge is 0.259 e. The van der Waals surface area contributed by atoms with E-state index in [0.29, 0.717) is 17.1 Å². The number of carbonyl (C=O) groups is 1. The van der Waals surface area contributed by atoms with Gasteiger partial charge >= 0.3 is 0 Å². The highest BCUT2D eigenvalue weighted by Gasteiger charge is 2.26. The van der Waals surface area contributed by atoms with E-state index in [0.717, 1.165) is 44.3 Å². The van der Waals surface area contributed by atoms with Gasteiger partial charge in [0.05, 0.1) is 10.9 Å². The van der Waals surface area contributed by atoms with Crippen molar-refractivity contribution in [1.82, 2.24) is 9.47 Å². The Morgan fingerprint density at radius 3 is 2.50 bits per heavy atom. The normalized spacial score (nSPS) is 18.6. The lowest BCUT2D eigenvalue weighted by atomic mass is 10.1. The van der Waals surface area contributed by atoms with E-state index in [1.807, 2.05) is 12.1 Å². The van der Waals surface area contributed by atoms with Crippen LogP contribution in [0.15, 0.2) is 29.2 Å². The van der Waals surface area contributed by atoms with Gasteiger partial charge < -0.3 is 15.2 Å². The number of pyridine rings is 1. The van der Waals surface area contributed by atoms with Gasteiger partial charge in [-0.2, -0.15) is 0 Å². The standard InChI is InChI=1S/C19H23N3O2/c20-15-8-5-9-16-17(15)18(23)14(19(24)21-10-3-4-11-21)12-22(16)13-6-1-2-7-13/h5,8-9,12-13H,1-4,6-7,10-11,20H2. The first-order valence-electron chi connectivity index (χ1n) is 8.89. The van der Waals surface area contributed by atoms with Crippen molar-refractivity contribution < 1.29 is 4.79 Å². The lowest BCUT2D eigenvalue weighted by Gasteiger charge is -2.21. The predicted molar refractivity (Wildman–Crippen MR) is 95.3 cm³/mol. The van der Waals surface area contributed by atoms with Crippen LogP contribution in [0.25, 0.3) is 10.9 Å². The van der Waals surface area contributed by atoms with Gasteiger partial charge in [0, 0.05) is 31.0 Å².